The number of benzene rings is 1. The number of para-hydroxylation sites is 1. The minimum atomic E-state index is -0.385. The topological polar surface area (TPSA) is 75.4 Å². The normalized spacial score (nSPS) is 11.3. The van der Waals surface area contributed by atoms with E-state index in [1.54, 1.807) is 25.1 Å². The molecule has 1 aromatic rings. The Hall–Kier alpha value is -1.62. The van der Waals surface area contributed by atoms with Crippen LogP contribution in [0.15, 0.2) is 18.2 Å². The van der Waals surface area contributed by atoms with E-state index in [0.29, 0.717) is 17.8 Å². The van der Waals surface area contributed by atoms with Gasteiger partial charge in [-0.05, 0) is 13.0 Å². The third kappa shape index (κ3) is 3.42. The van der Waals surface area contributed by atoms with Crippen LogP contribution in [0, 0.1) is 22.5 Å². The van der Waals surface area contributed by atoms with Crippen LogP contribution in [0.1, 0.15) is 19.4 Å². The smallest absolute Gasteiger partial charge is 0.295 e. The van der Waals surface area contributed by atoms with Gasteiger partial charge in [0.15, 0.2) is 0 Å². The second-order valence-electron chi connectivity index (χ2n) is 4.90. The maximum atomic E-state index is 11.0. The highest BCUT2D eigenvalue weighted by molar-refractivity contribution is 5.65. The molecule has 0 fully saturated rings. The predicted molar refractivity (Wildman–Crippen MR) is 67.2 cm³/mol. The minimum Gasteiger partial charge on any atom is -0.396 e. The Labute approximate surface area is 101 Å². The first-order chi connectivity index (χ1) is 7.87. The first-order valence-corrected chi connectivity index (χ1v) is 5.46. The molecular weight excluding hydrogens is 220 g/mol. The lowest BCUT2D eigenvalue weighted by Crippen LogP contribution is -2.27. The van der Waals surface area contributed by atoms with Crippen molar-refractivity contribution in [1.29, 1.82) is 0 Å². The summed E-state index contributed by atoms with van der Waals surface area (Å²) in [5.41, 5.74) is 0.914. The van der Waals surface area contributed by atoms with E-state index in [9.17, 15) is 10.1 Å². The number of aliphatic hydroxyl groups excluding tert-OH is 1. The van der Waals surface area contributed by atoms with Crippen molar-refractivity contribution in [3.05, 3.63) is 33.9 Å². The highest BCUT2D eigenvalue weighted by atomic mass is 16.6. The molecule has 0 bridgehead atoms. The van der Waals surface area contributed by atoms with Crippen LogP contribution in [-0.4, -0.2) is 23.2 Å². The van der Waals surface area contributed by atoms with Crippen LogP contribution < -0.4 is 5.32 Å². The van der Waals surface area contributed by atoms with E-state index in [2.05, 4.69) is 5.32 Å². The van der Waals surface area contributed by atoms with Crippen molar-refractivity contribution < 1.29 is 10.0 Å². The fraction of sp³-hybridized carbons (Fsp3) is 0.500. The molecule has 5 heteroatoms. The molecule has 1 aromatic carbocycles. The lowest BCUT2D eigenvalue weighted by molar-refractivity contribution is -0.384. The fourth-order valence-corrected chi connectivity index (χ4v) is 1.43. The predicted octanol–water partition coefficient (Wildman–Crippen LogP) is 2.33. The van der Waals surface area contributed by atoms with E-state index in [0.717, 1.165) is 0 Å². The number of nitrogens with zero attached hydrogens (tertiary/aromatic N) is 1. The SMILES string of the molecule is Cc1cccc(NCC(C)(C)CO)c1[N+](=O)[O-]. The molecule has 0 unspecified atom stereocenters. The van der Waals surface area contributed by atoms with E-state index in [-0.39, 0.29) is 22.6 Å². The van der Waals surface area contributed by atoms with Gasteiger partial charge >= 0.3 is 0 Å². The van der Waals surface area contributed by atoms with Gasteiger partial charge in [0.2, 0.25) is 0 Å². The summed E-state index contributed by atoms with van der Waals surface area (Å²) in [5, 5.41) is 23.1. The maximum absolute atomic E-state index is 11.0. The lowest BCUT2D eigenvalue weighted by Gasteiger charge is -2.22. The third-order valence-corrected chi connectivity index (χ3v) is 2.61. The molecule has 5 nitrogen and oxygen atoms in total. The highest BCUT2D eigenvalue weighted by Gasteiger charge is 2.20. The van der Waals surface area contributed by atoms with Crippen LogP contribution in [-0.2, 0) is 0 Å². The van der Waals surface area contributed by atoms with Crippen molar-refractivity contribution in [1.82, 2.24) is 0 Å². The Morgan fingerprint density at radius 3 is 2.65 bits per heavy atom. The molecule has 0 radical (unpaired) electrons. The first-order valence-electron chi connectivity index (χ1n) is 5.46. The highest BCUT2D eigenvalue weighted by Crippen LogP contribution is 2.28. The van der Waals surface area contributed by atoms with Gasteiger partial charge in [-0.1, -0.05) is 26.0 Å². The summed E-state index contributed by atoms with van der Waals surface area (Å²) < 4.78 is 0. The van der Waals surface area contributed by atoms with Crippen molar-refractivity contribution in [2.75, 3.05) is 18.5 Å². The molecule has 0 aromatic heterocycles. The van der Waals surface area contributed by atoms with E-state index < -0.39 is 0 Å². The van der Waals surface area contributed by atoms with Gasteiger partial charge in [0.1, 0.15) is 5.69 Å². The number of anilines is 1. The molecule has 1 rings (SSSR count). The molecule has 17 heavy (non-hydrogen) atoms. The Balaban J connectivity index is 2.92. The molecule has 0 spiro atoms. The van der Waals surface area contributed by atoms with Gasteiger partial charge in [-0.2, -0.15) is 0 Å². The van der Waals surface area contributed by atoms with Crippen LogP contribution in [0.5, 0.6) is 0 Å². The van der Waals surface area contributed by atoms with E-state index in [1.807, 2.05) is 13.8 Å². The fourth-order valence-electron chi connectivity index (χ4n) is 1.43. The summed E-state index contributed by atoms with van der Waals surface area (Å²) in [4.78, 5) is 10.6. The Morgan fingerprint density at radius 2 is 2.12 bits per heavy atom. The second-order valence-corrected chi connectivity index (χ2v) is 4.90. The molecular formula is C12H18N2O3. The third-order valence-electron chi connectivity index (χ3n) is 2.61. The number of aryl methyl sites for hydroxylation is 1. The number of aliphatic hydroxyl groups is 1. The van der Waals surface area contributed by atoms with Gasteiger partial charge in [-0.15, -0.1) is 0 Å². The van der Waals surface area contributed by atoms with Crippen molar-refractivity contribution in [3.8, 4) is 0 Å². The number of nitro groups is 1. The zero-order valence-electron chi connectivity index (χ0n) is 10.4. The average Bonchev–Trinajstić information content (AvgIpc) is 2.26. The molecule has 0 aliphatic carbocycles. The van der Waals surface area contributed by atoms with Gasteiger partial charge < -0.3 is 10.4 Å². The zero-order chi connectivity index (χ0) is 13.1. The molecule has 0 amide bonds. The van der Waals surface area contributed by atoms with Crippen LogP contribution in [0.25, 0.3) is 0 Å². The van der Waals surface area contributed by atoms with Gasteiger partial charge in [-0.25, -0.2) is 0 Å². The Bertz CT molecular complexity index is 416. The molecule has 0 atom stereocenters. The summed E-state index contributed by atoms with van der Waals surface area (Å²) in [7, 11) is 0. The molecule has 94 valence electrons. The number of hydrogen-bond acceptors (Lipinski definition) is 4. The van der Waals surface area contributed by atoms with Crippen LogP contribution in [0.2, 0.25) is 0 Å². The van der Waals surface area contributed by atoms with Crippen molar-refractivity contribution in [2.24, 2.45) is 5.41 Å². The molecule has 0 aliphatic heterocycles. The number of rotatable bonds is 5. The van der Waals surface area contributed by atoms with Gasteiger partial charge in [-0.3, -0.25) is 10.1 Å². The Kier molecular flexibility index (Phi) is 4.07. The molecule has 0 aliphatic rings. The standard InChI is InChI=1S/C12H18N2O3/c1-9-5-4-6-10(11(9)14(16)17)13-7-12(2,3)8-15/h4-6,13,15H,7-8H2,1-3H3. The van der Waals surface area contributed by atoms with Crippen LogP contribution in [0.4, 0.5) is 11.4 Å². The number of hydrogen-bond donors (Lipinski definition) is 2. The lowest BCUT2D eigenvalue weighted by atomic mass is 9.95. The molecule has 2 N–H and O–H groups in total. The average molecular weight is 238 g/mol. The largest absolute Gasteiger partial charge is 0.396 e. The number of nitrogens with one attached hydrogen (secondary N) is 1. The second kappa shape index (κ2) is 5.14. The summed E-state index contributed by atoms with van der Waals surface area (Å²) >= 11 is 0. The Morgan fingerprint density at radius 1 is 1.47 bits per heavy atom. The number of nitro benzene ring substituents is 1. The molecule has 0 saturated carbocycles. The summed E-state index contributed by atoms with van der Waals surface area (Å²) in [6.45, 7) is 6.00. The van der Waals surface area contributed by atoms with E-state index >= 15 is 0 Å². The summed E-state index contributed by atoms with van der Waals surface area (Å²) in [6, 6.07) is 5.16. The minimum absolute atomic E-state index is 0.0274. The molecule has 0 saturated heterocycles. The zero-order valence-corrected chi connectivity index (χ0v) is 10.4. The molecule has 0 heterocycles. The quantitative estimate of drug-likeness (QED) is 0.609. The van der Waals surface area contributed by atoms with Crippen molar-refractivity contribution >= 4 is 11.4 Å². The van der Waals surface area contributed by atoms with Crippen LogP contribution >= 0.6 is 0 Å². The maximum Gasteiger partial charge on any atom is 0.295 e. The van der Waals surface area contributed by atoms with Gasteiger partial charge in [0.05, 0.1) is 4.92 Å². The van der Waals surface area contributed by atoms with Crippen molar-refractivity contribution in [3.63, 3.8) is 0 Å². The van der Waals surface area contributed by atoms with Crippen molar-refractivity contribution in [2.45, 2.75) is 20.8 Å². The summed E-state index contributed by atoms with van der Waals surface area (Å²) in [6.07, 6.45) is 0. The summed E-state index contributed by atoms with van der Waals surface area (Å²) in [5.74, 6) is 0. The van der Waals surface area contributed by atoms with Gasteiger partial charge in [0, 0.05) is 24.1 Å². The monoisotopic (exact) mass is 238 g/mol. The van der Waals surface area contributed by atoms with Gasteiger partial charge in [0.25, 0.3) is 5.69 Å². The van der Waals surface area contributed by atoms with E-state index in [4.69, 9.17) is 5.11 Å². The first kappa shape index (κ1) is 13.4. The van der Waals surface area contributed by atoms with E-state index in [1.165, 1.54) is 0 Å². The van der Waals surface area contributed by atoms with Crippen LogP contribution in [0.3, 0.4) is 0 Å².